The van der Waals surface area contributed by atoms with Crippen LogP contribution < -0.4 is 10.2 Å². The van der Waals surface area contributed by atoms with E-state index >= 15 is 0 Å². The SMILES string of the molecule is CCC(F)(F)c1ccc(CNC(=O)C[C@H]2CN(c3nc4ncncc4s3)CCN2S(=O)(=O)c2ccc(C(F)(F)F)cc2)cc1. The zero-order valence-electron chi connectivity index (χ0n) is 23.3. The minimum absolute atomic E-state index is 0.0233. The van der Waals surface area contributed by atoms with Gasteiger partial charge in [-0.25, -0.2) is 27.2 Å². The number of halogens is 5. The Morgan fingerprint density at radius 2 is 1.70 bits per heavy atom. The third-order valence-corrected chi connectivity index (χ3v) is 10.3. The smallest absolute Gasteiger partial charge is 0.352 e. The number of carbonyl (C=O) groups excluding carboxylic acids is 1. The lowest BCUT2D eigenvalue weighted by Crippen LogP contribution is -2.56. The van der Waals surface area contributed by atoms with E-state index in [9.17, 15) is 35.2 Å². The zero-order valence-corrected chi connectivity index (χ0v) is 24.9. The first-order chi connectivity index (χ1) is 20.8. The number of fused-ring (bicyclic) bond motifs is 1. The number of amides is 1. The standard InChI is InChI=1S/C28H27F5N6O3S2/c1-2-27(29,30)19-5-3-18(4-6-19)14-35-24(40)13-21-16-38(26-37-25-23(43-26)15-34-17-36-25)11-12-39(21)44(41,42)22-9-7-20(8-10-22)28(31,32)33/h3-10,15,17,21H,2,11-14,16H2,1H3,(H,35,40)/t21-/m0/s1. The Hall–Kier alpha value is -3.76. The first kappa shape index (κ1) is 31.7. The summed E-state index contributed by atoms with van der Waals surface area (Å²) in [6.07, 6.45) is -2.29. The lowest BCUT2D eigenvalue weighted by atomic mass is 10.0. The van der Waals surface area contributed by atoms with Gasteiger partial charge in [-0.05, 0) is 29.8 Å². The number of anilines is 1. The Kier molecular flexibility index (Phi) is 8.87. The summed E-state index contributed by atoms with van der Waals surface area (Å²) in [7, 11) is -4.29. The number of thiazole rings is 1. The van der Waals surface area contributed by atoms with Crippen LogP contribution in [-0.4, -0.2) is 59.3 Å². The fraction of sp³-hybridized carbons (Fsp3) is 0.357. The second-order valence-electron chi connectivity index (χ2n) is 10.2. The van der Waals surface area contributed by atoms with E-state index in [0.717, 1.165) is 21.1 Å². The summed E-state index contributed by atoms with van der Waals surface area (Å²) >= 11 is 1.31. The van der Waals surface area contributed by atoms with E-state index in [1.54, 1.807) is 6.20 Å². The molecule has 1 fully saturated rings. The van der Waals surface area contributed by atoms with Crippen LogP contribution in [0.3, 0.4) is 0 Å². The quantitative estimate of drug-likeness (QED) is 0.248. The van der Waals surface area contributed by atoms with Gasteiger partial charge in [0, 0.05) is 50.8 Å². The Morgan fingerprint density at radius 3 is 2.34 bits per heavy atom. The van der Waals surface area contributed by atoms with Crippen LogP contribution in [-0.2, 0) is 33.5 Å². The summed E-state index contributed by atoms with van der Waals surface area (Å²) in [5.41, 5.74) is -0.0780. The number of piperazine rings is 1. The maximum Gasteiger partial charge on any atom is 0.416 e. The Balaban J connectivity index is 1.35. The molecule has 16 heteroatoms. The molecule has 0 unspecified atom stereocenters. The highest BCUT2D eigenvalue weighted by Gasteiger charge is 2.39. The second kappa shape index (κ2) is 12.3. The fourth-order valence-electron chi connectivity index (χ4n) is 4.82. The Labute approximate surface area is 253 Å². The van der Waals surface area contributed by atoms with Crippen molar-refractivity contribution in [2.75, 3.05) is 24.5 Å². The molecular weight excluding hydrogens is 627 g/mol. The highest BCUT2D eigenvalue weighted by Crippen LogP contribution is 2.34. The van der Waals surface area contributed by atoms with Crippen LogP contribution in [0.25, 0.3) is 10.3 Å². The molecule has 1 saturated heterocycles. The van der Waals surface area contributed by atoms with Crippen molar-refractivity contribution in [3.8, 4) is 0 Å². The van der Waals surface area contributed by atoms with E-state index in [-0.39, 0.29) is 49.5 Å². The molecule has 234 valence electrons. The van der Waals surface area contributed by atoms with Crippen molar-refractivity contribution >= 4 is 42.7 Å². The van der Waals surface area contributed by atoms with Crippen molar-refractivity contribution in [1.29, 1.82) is 0 Å². The molecule has 1 aliphatic rings. The van der Waals surface area contributed by atoms with E-state index in [1.165, 1.54) is 48.9 Å². The van der Waals surface area contributed by atoms with Crippen molar-refractivity contribution in [3.05, 3.63) is 77.7 Å². The van der Waals surface area contributed by atoms with E-state index < -0.39 is 39.6 Å². The van der Waals surface area contributed by atoms with Gasteiger partial charge in [0.1, 0.15) is 6.33 Å². The highest BCUT2D eigenvalue weighted by molar-refractivity contribution is 7.89. The monoisotopic (exact) mass is 654 g/mol. The fourth-order valence-corrected chi connectivity index (χ4v) is 7.35. The van der Waals surface area contributed by atoms with Crippen LogP contribution in [0.4, 0.5) is 27.1 Å². The molecule has 0 aliphatic carbocycles. The molecule has 0 saturated carbocycles. The lowest BCUT2D eigenvalue weighted by Gasteiger charge is -2.40. The van der Waals surface area contributed by atoms with Gasteiger partial charge in [-0.3, -0.25) is 4.79 Å². The number of benzene rings is 2. The molecular formula is C28H27F5N6O3S2. The summed E-state index contributed by atoms with van der Waals surface area (Å²) in [6, 6.07) is 7.87. The maximum absolute atomic E-state index is 13.9. The van der Waals surface area contributed by atoms with Crippen LogP contribution in [0.5, 0.6) is 0 Å². The molecule has 1 aliphatic heterocycles. The first-order valence-electron chi connectivity index (χ1n) is 13.5. The van der Waals surface area contributed by atoms with Gasteiger partial charge in [-0.1, -0.05) is 42.5 Å². The third kappa shape index (κ3) is 6.81. The van der Waals surface area contributed by atoms with Crippen LogP contribution >= 0.6 is 11.3 Å². The number of nitrogens with one attached hydrogen (secondary N) is 1. The predicted octanol–water partition coefficient (Wildman–Crippen LogP) is 5.19. The molecule has 9 nitrogen and oxygen atoms in total. The molecule has 1 atom stereocenters. The number of hydrogen-bond donors (Lipinski definition) is 1. The molecule has 5 rings (SSSR count). The molecule has 44 heavy (non-hydrogen) atoms. The first-order valence-corrected chi connectivity index (χ1v) is 15.8. The molecule has 0 spiro atoms. The van der Waals surface area contributed by atoms with Gasteiger partial charge >= 0.3 is 6.18 Å². The van der Waals surface area contributed by atoms with Crippen LogP contribution in [0, 0.1) is 0 Å². The summed E-state index contributed by atoms with van der Waals surface area (Å²) in [6.45, 7) is 1.62. The number of sulfonamides is 1. The van der Waals surface area contributed by atoms with E-state index in [1.807, 2.05) is 4.90 Å². The summed E-state index contributed by atoms with van der Waals surface area (Å²) < 4.78 is 96.3. The van der Waals surface area contributed by atoms with E-state index in [2.05, 4.69) is 20.3 Å². The molecule has 1 amide bonds. The summed E-state index contributed by atoms with van der Waals surface area (Å²) in [5.74, 6) is -3.46. The second-order valence-corrected chi connectivity index (χ2v) is 13.1. The lowest BCUT2D eigenvalue weighted by molar-refractivity contribution is -0.137. The number of alkyl halides is 5. The van der Waals surface area contributed by atoms with Crippen LogP contribution in [0.2, 0.25) is 0 Å². The number of nitrogens with zero attached hydrogens (tertiary/aromatic N) is 5. The van der Waals surface area contributed by atoms with Crippen LogP contribution in [0.15, 0.2) is 66.0 Å². The third-order valence-electron chi connectivity index (χ3n) is 7.28. The average molecular weight is 655 g/mol. The summed E-state index contributed by atoms with van der Waals surface area (Å²) in [4.78, 5) is 27.2. The van der Waals surface area contributed by atoms with Crippen molar-refractivity contribution in [1.82, 2.24) is 24.6 Å². The molecule has 1 N–H and O–H groups in total. The largest absolute Gasteiger partial charge is 0.416 e. The normalized spacial score (nSPS) is 16.8. The number of hydrogen-bond acceptors (Lipinski definition) is 8. The Morgan fingerprint density at radius 1 is 1.02 bits per heavy atom. The van der Waals surface area contributed by atoms with Gasteiger partial charge in [-0.15, -0.1) is 0 Å². The van der Waals surface area contributed by atoms with Gasteiger partial charge in [0.25, 0.3) is 5.92 Å². The highest BCUT2D eigenvalue weighted by atomic mass is 32.2. The van der Waals surface area contributed by atoms with Gasteiger partial charge in [-0.2, -0.15) is 22.5 Å². The molecule has 3 heterocycles. The van der Waals surface area contributed by atoms with Crippen LogP contribution in [0.1, 0.15) is 36.5 Å². The molecule has 0 radical (unpaired) electrons. The molecule has 0 bridgehead atoms. The van der Waals surface area contributed by atoms with Crippen molar-refractivity contribution in [3.63, 3.8) is 0 Å². The number of rotatable bonds is 9. The summed E-state index contributed by atoms with van der Waals surface area (Å²) in [5, 5.41) is 3.26. The average Bonchev–Trinajstić information content (AvgIpc) is 3.44. The molecule has 2 aromatic carbocycles. The van der Waals surface area contributed by atoms with Crippen molar-refractivity contribution in [2.45, 2.75) is 49.3 Å². The van der Waals surface area contributed by atoms with Gasteiger partial charge in [0.2, 0.25) is 15.9 Å². The predicted molar refractivity (Wildman–Crippen MR) is 154 cm³/mol. The number of carbonyl (C=O) groups is 1. The molecule has 2 aromatic heterocycles. The van der Waals surface area contributed by atoms with Gasteiger partial charge in [0.15, 0.2) is 10.8 Å². The Bertz CT molecular complexity index is 1700. The maximum atomic E-state index is 13.9. The van der Waals surface area contributed by atoms with Crippen molar-refractivity contribution < 1.29 is 35.2 Å². The minimum Gasteiger partial charge on any atom is -0.352 e. The van der Waals surface area contributed by atoms with Gasteiger partial charge in [0.05, 0.1) is 21.2 Å². The van der Waals surface area contributed by atoms with E-state index in [0.29, 0.717) is 28.5 Å². The van der Waals surface area contributed by atoms with Gasteiger partial charge < -0.3 is 10.2 Å². The zero-order chi connectivity index (χ0) is 31.7. The molecule has 4 aromatic rings. The number of aromatic nitrogens is 3. The van der Waals surface area contributed by atoms with E-state index in [4.69, 9.17) is 0 Å². The van der Waals surface area contributed by atoms with Crippen molar-refractivity contribution in [2.24, 2.45) is 0 Å². The minimum atomic E-state index is -4.63. The topological polar surface area (TPSA) is 108 Å².